The Labute approximate surface area is 177 Å². The number of carbonyl (C=O) groups excluding carboxylic acids is 1. The van der Waals surface area contributed by atoms with Crippen LogP contribution in [-0.4, -0.2) is 21.9 Å². The Morgan fingerprint density at radius 2 is 1.63 bits per heavy atom. The highest BCUT2D eigenvalue weighted by atomic mass is 35.5. The zero-order valence-electron chi connectivity index (χ0n) is 15.8. The van der Waals surface area contributed by atoms with E-state index in [4.69, 9.17) is 11.6 Å². The molecule has 3 aromatic carbocycles. The summed E-state index contributed by atoms with van der Waals surface area (Å²) in [7, 11) is 0. The van der Waals surface area contributed by atoms with Crippen LogP contribution in [0.4, 0.5) is 0 Å². The fraction of sp³-hybridized carbons (Fsp3) is 0.0435. The van der Waals surface area contributed by atoms with E-state index in [0.717, 1.165) is 11.1 Å². The number of halogens is 1. The van der Waals surface area contributed by atoms with E-state index in [-0.39, 0.29) is 17.8 Å². The van der Waals surface area contributed by atoms with Crippen molar-refractivity contribution in [3.63, 3.8) is 0 Å². The molecule has 0 fully saturated rings. The van der Waals surface area contributed by atoms with Gasteiger partial charge in [-0.15, -0.1) is 0 Å². The largest absolute Gasteiger partial charge is 0.292 e. The monoisotopic (exact) mass is 416 g/mol. The summed E-state index contributed by atoms with van der Waals surface area (Å²) in [6, 6.07) is 23.4. The quantitative estimate of drug-likeness (QED) is 0.396. The fourth-order valence-corrected chi connectivity index (χ4v) is 3.16. The Balaban J connectivity index is 1.66. The maximum Gasteiger partial charge on any atom is 0.292 e. The molecule has 0 bridgehead atoms. The van der Waals surface area contributed by atoms with Gasteiger partial charge in [0.25, 0.3) is 11.5 Å². The Morgan fingerprint density at radius 1 is 0.967 bits per heavy atom. The molecule has 0 radical (unpaired) electrons. The van der Waals surface area contributed by atoms with Crippen molar-refractivity contribution in [1.29, 1.82) is 0 Å². The Morgan fingerprint density at radius 3 is 2.37 bits per heavy atom. The molecule has 0 unspecified atom stereocenters. The van der Waals surface area contributed by atoms with Crippen molar-refractivity contribution in [2.75, 3.05) is 0 Å². The van der Waals surface area contributed by atoms with Gasteiger partial charge in [0.2, 0.25) is 0 Å². The topological polar surface area (TPSA) is 76.3 Å². The molecule has 0 aliphatic carbocycles. The maximum atomic E-state index is 12.9. The average Bonchev–Trinajstić information content (AvgIpc) is 2.78. The van der Waals surface area contributed by atoms with Gasteiger partial charge in [-0.05, 0) is 29.3 Å². The molecule has 0 aliphatic heterocycles. The summed E-state index contributed by atoms with van der Waals surface area (Å²) >= 11 is 5.87. The van der Waals surface area contributed by atoms with Crippen LogP contribution in [0.1, 0.15) is 21.6 Å². The molecule has 1 N–H and O–H groups in total. The van der Waals surface area contributed by atoms with Gasteiger partial charge in [0.05, 0.1) is 18.1 Å². The van der Waals surface area contributed by atoms with Crippen LogP contribution in [0.25, 0.3) is 10.8 Å². The number of aromatic nitrogens is 2. The van der Waals surface area contributed by atoms with Gasteiger partial charge in [0.15, 0.2) is 5.69 Å². The van der Waals surface area contributed by atoms with Crippen molar-refractivity contribution in [1.82, 2.24) is 15.2 Å². The minimum absolute atomic E-state index is 0.134. The van der Waals surface area contributed by atoms with E-state index in [9.17, 15) is 9.59 Å². The van der Waals surface area contributed by atoms with Gasteiger partial charge in [0, 0.05) is 10.4 Å². The van der Waals surface area contributed by atoms with Gasteiger partial charge < -0.3 is 0 Å². The molecule has 0 aliphatic rings. The number of carbonyl (C=O) groups is 1. The average molecular weight is 417 g/mol. The molecule has 0 saturated heterocycles. The van der Waals surface area contributed by atoms with Gasteiger partial charge >= 0.3 is 0 Å². The van der Waals surface area contributed by atoms with Crippen LogP contribution in [0.2, 0.25) is 5.02 Å². The molecule has 1 amide bonds. The van der Waals surface area contributed by atoms with Gasteiger partial charge in [-0.1, -0.05) is 72.3 Å². The standard InChI is InChI=1S/C23H17ClN4O2/c24-18-12-10-16(11-13-18)14-25-26-22(29)21-19-8-4-5-9-20(19)23(30)28(27-21)15-17-6-2-1-3-7-17/h1-14H,15H2,(H,26,29)/b25-14-. The molecule has 7 heteroatoms. The van der Waals surface area contributed by atoms with E-state index in [0.29, 0.717) is 15.8 Å². The summed E-state index contributed by atoms with van der Waals surface area (Å²) in [5.41, 5.74) is 4.06. The minimum Gasteiger partial charge on any atom is -0.267 e. The lowest BCUT2D eigenvalue weighted by Crippen LogP contribution is -2.29. The summed E-state index contributed by atoms with van der Waals surface area (Å²) in [4.78, 5) is 25.7. The van der Waals surface area contributed by atoms with Crippen LogP contribution >= 0.6 is 11.6 Å². The zero-order valence-corrected chi connectivity index (χ0v) is 16.6. The van der Waals surface area contributed by atoms with Gasteiger partial charge in [-0.2, -0.15) is 10.2 Å². The van der Waals surface area contributed by atoms with E-state index in [2.05, 4.69) is 15.6 Å². The number of fused-ring (bicyclic) bond motifs is 1. The molecule has 6 nitrogen and oxygen atoms in total. The van der Waals surface area contributed by atoms with Crippen molar-refractivity contribution >= 4 is 34.5 Å². The molecule has 0 saturated carbocycles. The number of amides is 1. The molecule has 30 heavy (non-hydrogen) atoms. The van der Waals surface area contributed by atoms with E-state index < -0.39 is 5.91 Å². The number of nitrogens with zero attached hydrogens (tertiary/aromatic N) is 3. The SMILES string of the molecule is O=C(N/N=C\c1ccc(Cl)cc1)c1nn(Cc2ccccc2)c(=O)c2ccccc12. The number of hydrogen-bond acceptors (Lipinski definition) is 4. The Hall–Kier alpha value is -3.77. The predicted molar refractivity (Wildman–Crippen MR) is 118 cm³/mol. The number of hydrazone groups is 1. The smallest absolute Gasteiger partial charge is 0.267 e. The summed E-state index contributed by atoms with van der Waals surface area (Å²) in [5.74, 6) is -0.502. The molecule has 4 rings (SSSR count). The second kappa shape index (κ2) is 8.71. The van der Waals surface area contributed by atoms with Crippen LogP contribution in [0.3, 0.4) is 0 Å². The number of hydrogen-bond donors (Lipinski definition) is 1. The number of nitrogens with one attached hydrogen (secondary N) is 1. The molecule has 0 atom stereocenters. The van der Waals surface area contributed by atoms with E-state index in [1.54, 1.807) is 48.5 Å². The van der Waals surface area contributed by atoms with Gasteiger partial charge in [0.1, 0.15) is 0 Å². The van der Waals surface area contributed by atoms with Crippen molar-refractivity contribution < 1.29 is 4.79 Å². The highest BCUT2D eigenvalue weighted by molar-refractivity contribution is 6.30. The summed E-state index contributed by atoms with van der Waals surface area (Å²) in [6.07, 6.45) is 1.51. The van der Waals surface area contributed by atoms with E-state index in [1.165, 1.54) is 10.9 Å². The van der Waals surface area contributed by atoms with E-state index in [1.807, 2.05) is 30.3 Å². The normalized spacial score (nSPS) is 11.1. The second-order valence-corrected chi connectivity index (χ2v) is 7.03. The molecule has 0 spiro atoms. The third-order valence-corrected chi connectivity index (χ3v) is 4.76. The van der Waals surface area contributed by atoms with Crippen molar-refractivity contribution in [2.45, 2.75) is 6.54 Å². The van der Waals surface area contributed by atoms with Crippen LogP contribution < -0.4 is 11.0 Å². The lowest BCUT2D eigenvalue weighted by molar-refractivity contribution is 0.0949. The van der Waals surface area contributed by atoms with Crippen LogP contribution in [-0.2, 0) is 6.54 Å². The molecular weight excluding hydrogens is 400 g/mol. The fourth-order valence-electron chi connectivity index (χ4n) is 3.03. The van der Waals surface area contributed by atoms with Crippen LogP contribution in [0.15, 0.2) is 88.8 Å². The lowest BCUT2D eigenvalue weighted by atomic mass is 10.1. The van der Waals surface area contributed by atoms with Gasteiger partial charge in [-0.25, -0.2) is 10.1 Å². The number of benzene rings is 3. The van der Waals surface area contributed by atoms with E-state index >= 15 is 0 Å². The van der Waals surface area contributed by atoms with Crippen molar-refractivity contribution in [2.24, 2.45) is 5.10 Å². The molecule has 1 heterocycles. The van der Waals surface area contributed by atoms with Gasteiger partial charge in [-0.3, -0.25) is 9.59 Å². The van der Waals surface area contributed by atoms with Crippen LogP contribution in [0, 0.1) is 0 Å². The second-order valence-electron chi connectivity index (χ2n) is 6.59. The predicted octanol–water partition coefficient (Wildman–Crippen LogP) is 3.86. The Bertz CT molecular complexity index is 1280. The first-order valence-electron chi connectivity index (χ1n) is 9.24. The maximum absolute atomic E-state index is 12.9. The number of rotatable bonds is 5. The first kappa shape index (κ1) is 19.5. The summed E-state index contributed by atoms with van der Waals surface area (Å²) < 4.78 is 1.30. The summed E-state index contributed by atoms with van der Waals surface area (Å²) in [6.45, 7) is 0.263. The molecular formula is C23H17ClN4O2. The highest BCUT2D eigenvalue weighted by Gasteiger charge is 2.16. The molecule has 148 valence electrons. The van der Waals surface area contributed by atoms with Crippen molar-refractivity contribution in [3.05, 3.63) is 111 Å². The van der Waals surface area contributed by atoms with Crippen molar-refractivity contribution in [3.8, 4) is 0 Å². The molecule has 1 aromatic heterocycles. The third kappa shape index (κ3) is 4.29. The highest BCUT2D eigenvalue weighted by Crippen LogP contribution is 2.14. The molecule has 4 aromatic rings. The first-order valence-corrected chi connectivity index (χ1v) is 9.62. The summed E-state index contributed by atoms with van der Waals surface area (Å²) in [5, 5.41) is 9.85. The lowest BCUT2D eigenvalue weighted by Gasteiger charge is -2.10. The zero-order chi connectivity index (χ0) is 20.9. The first-order chi connectivity index (χ1) is 14.6. The third-order valence-electron chi connectivity index (χ3n) is 4.51. The Kier molecular flexibility index (Phi) is 5.68. The minimum atomic E-state index is -0.502. The van der Waals surface area contributed by atoms with Crippen LogP contribution in [0.5, 0.6) is 0 Å².